The molecule has 5 nitrogen and oxygen atoms in total. The number of imidazole rings is 1. The zero-order valence-corrected chi connectivity index (χ0v) is 14.2. The molecule has 0 N–H and O–H groups in total. The fourth-order valence-electron chi connectivity index (χ4n) is 3.16. The van der Waals surface area contributed by atoms with Gasteiger partial charge in [0.1, 0.15) is 11.6 Å². The van der Waals surface area contributed by atoms with Gasteiger partial charge in [0, 0.05) is 37.9 Å². The highest BCUT2D eigenvalue weighted by atomic mass is 16.5. The minimum Gasteiger partial charge on any atom is -0.497 e. The van der Waals surface area contributed by atoms with E-state index >= 15 is 0 Å². The molecule has 0 fully saturated rings. The summed E-state index contributed by atoms with van der Waals surface area (Å²) >= 11 is 0. The van der Waals surface area contributed by atoms with Crippen LogP contribution < -0.4 is 4.74 Å². The van der Waals surface area contributed by atoms with Gasteiger partial charge in [-0.1, -0.05) is 18.2 Å². The Morgan fingerprint density at radius 2 is 2.12 bits per heavy atom. The molecule has 0 unspecified atom stereocenters. The molecular weight excluding hydrogens is 302 g/mol. The average Bonchev–Trinajstić information content (AvgIpc) is 2.95. The Morgan fingerprint density at radius 1 is 1.29 bits per heavy atom. The Morgan fingerprint density at radius 3 is 2.88 bits per heavy atom. The van der Waals surface area contributed by atoms with Crippen LogP contribution in [0.3, 0.4) is 0 Å². The van der Waals surface area contributed by atoms with E-state index in [2.05, 4.69) is 39.4 Å². The fourth-order valence-corrected chi connectivity index (χ4v) is 3.16. The molecule has 0 aliphatic carbocycles. The lowest BCUT2D eigenvalue weighted by molar-refractivity contribution is 0.0943. The summed E-state index contributed by atoms with van der Waals surface area (Å²) in [4.78, 5) is 6.95. The maximum atomic E-state index is 5.70. The van der Waals surface area contributed by atoms with Crippen molar-refractivity contribution in [2.75, 3.05) is 26.9 Å². The molecule has 2 heterocycles. The Kier molecular flexibility index (Phi) is 5.67. The minimum atomic E-state index is 0.443. The number of nitrogens with zero attached hydrogens (tertiary/aromatic N) is 3. The molecule has 128 valence electrons. The summed E-state index contributed by atoms with van der Waals surface area (Å²) in [7, 11) is 1.69. The second-order valence-corrected chi connectivity index (χ2v) is 6.21. The van der Waals surface area contributed by atoms with Gasteiger partial charge in [-0.2, -0.15) is 0 Å². The molecule has 0 saturated carbocycles. The lowest BCUT2D eigenvalue weighted by Crippen LogP contribution is -2.30. The SMILES string of the molecule is C=CCOC[C@@H]1CN(Cc2ccc(OC)cc2)Cc2nccn2C1. The third-order valence-electron chi connectivity index (χ3n) is 4.29. The molecule has 1 atom stereocenters. The molecule has 1 aliphatic heterocycles. The average molecular weight is 327 g/mol. The van der Waals surface area contributed by atoms with Crippen molar-refractivity contribution in [3.63, 3.8) is 0 Å². The molecular formula is C19H25N3O2. The maximum absolute atomic E-state index is 5.70. The molecule has 0 amide bonds. The van der Waals surface area contributed by atoms with E-state index in [1.807, 2.05) is 18.3 Å². The number of benzene rings is 1. The maximum Gasteiger partial charge on any atom is 0.122 e. The van der Waals surface area contributed by atoms with Crippen LogP contribution in [0.25, 0.3) is 0 Å². The fraction of sp³-hybridized carbons (Fsp3) is 0.421. The summed E-state index contributed by atoms with van der Waals surface area (Å²) in [6, 6.07) is 8.27. The number of fused-ring (bicyclic) bond motifs is 1. The van der Waals surface area contributed by atoms with Gasteiger partial charge in [-0.15, -0.1) is 6.58 Å². The first-order chi connectivity index (χ1) is 11.8. The van der Waals surface area contributed by atoms with Gasteiger partial charge in [0.15, 0.2) is 0 Å². The smallest absolute Gasteiger partial charge is 0.122 e. The highest BCUT2D eigenvalue weighted by Gasteiger charge is 2.22. The van der Waals surface area contributed by atoms with Crippen LogP contribution in [0.5, 0.6) is 5.75 Å². The van der Waals surface area contributed by atoms with Crippen LogP contribution in [0.15, 0.2) is 49.3 Å². The number of methoxy groups -OCH3 is 1. The minimum absolute atomic E-state index is 0.443. The van der Waals surface area contributed by atoms with E-state index < -0.39 is 0 Å². The third kappa shape index (κ3) is 4.24. The zero-order chi connectivity index (χ0) is 16.8. The highest BCUT2D eigenvalue weighted by Crippen LogP contribution is 2.19. The molecule has 2 aromatic rings. The number of hydrogen-bond donors (Lipinski definition) is 0. The van der Waals surface area contributed by atoms with E-state index in [4.69, 9.17) is 9.47 Å². The van der Waals surface area contributed by atoms with Crippen molar-refractivity contribution < 1.29 is 9.47 Å². The van der Waals surface area contributed by atoms with Gasteiger partial charge in [0.05, 0.1) is 26.9 Å². The predicted molar refractivity (Wildman–Crippen MR) is 93.8 cm³/mol. The summed E-state index contributed by atoms with van der Waals surface area (Å²) in [6.45, 7) is 8.75. The van der Waals surface area contributed by atoms with Gasteiger partial charge in [0.2, 0.25) is 0 Å². The number of hydrogen-bond acceptors (Lipinski definition) is 4. The van der Waals surface area contributed by atoms with Crippen molar-refractivity contribution >= 4 is 0 Å². The van der Waals surface area contributed by atoms with Crippen molar-refractivity contribution in [3.8, 4) is 5.75 Å². The van der Waals surface area contributed by atoms with E-state index in [0.717, 1.165) is 44.4 Å². The van der Waals surface area contributed by atoms with Crippen LogP contribution in [-0.2, 0) is 24.4 Å². The van der Waals surface area contributed by atoms with Crippen LogP contribution in [0, 0.1) is 5.92 Å². The second-order valence-electron chi connectivity index (χ2n) is 6.21. The molecule has 24 heavy (non-hydrogen) atoms. The first-order valence-corrected chi connectivity index (χ1v) is 8.32. The van der Waals surface area contributed by atoms with Gasteiger partial charge >= 0.3 is 0 Å². The first-order valence-electron chi connectivity index (χ1n) is 8.32. The Balaban J connectivity index is 1.69. The Hall–Kier alpha value is -2.11. The Labute approximate surface area is 143 Å². The van der Waals surface area contributed by atoms with E-state index in [0.29, 0.717) is 12.5 Å². The molecule has 1 aliphatic rings. The standard InChI is InChI=1S/C19H25N3O2/c1-3-10-24-15-17-12-21(14-19-20-8-9-22(19)13-17)11-16-4-6-18(23-2)7-5-16/h3-9,17H,1,10-15H2,2H3/t17-/m1/s1. The van der Waals surface area contributed by atoms with E-state index in [-0.39, 0.29) is 0 Å². The first kappa shape index (κ1) is 16.7. The molecule has 0 bridgehead atoms. The number of rotatable bonds is 7. The van der Waals surface area contributed by atoms with Crippen molar-refractivity contribution in [2.24, 2.45) is 5.92 Å². The predicted octanol–water partition coefficient (Wildman–Crippen LogP) is 2.73. The topological polar surface area (TPSA) is 39.5 Å². The van der Waals surface area contributed by atoms with Crippen molar-refractivity contribution in [1.29, 1.82) is 0 Å². The summed E-state index contributed by atoms with van der Waals surface area (Å²) in [6.07, 6.45) is 5.75. The van der Waals surface area contributed by atoms with Crippen molar-refractivity contribution in [2.45, 2.75) is 19.6 Å². The lowest BCUT2D eigenvalue weighted by atomic mass is 10.1. The second kappa shape index (κ2) is 8.13. The number of aromatic nitrogens is 2. The molecule has 0 radical (unpaired) electrons. The molecule has 1 aromatic carbocycles. The lowest BCUT2D eigenvalue weighted by Gasteiger charge is -2.23. The summed E-state index contributed by atoms with van der Waals surface area (Å²) in [5, 5.41) is 0. The van der Waals surface area contributed by atoms with Gasteiger partial charge in [-0.25, -0.2) is 4.98 Å². The van der Waals surface area contributed by atoms with E-state index in [9.17, 15) is 0 Å². The monoisotopic (exact) mass is 327 g/mol. The molecule has 0 spiro atoms. The van der Waals surface area contributed by atoms with Gasteiger partial charge in [0.25, 0.3) is 0 Å². The molecule has 3 rings (SSSR count). The third-order valence-corrected chi connectivity index (χ3v) is 4.29. The Bertz CT molecular complexity index is 651. The van der Waals surface area contributed by atoms with Crippen LogP contribution >= 0.6 is 0 Å². The normalized spacial score (nSPS) is 18.0. The summed E-state index contributed by atoms with van der Waals surface area (Å²) in [5.41, 5.74) is 1.28. The number of ether oxygens (including phenoxy) is 2. The van der Waals surface area contributed by atoms with Crippen molar-refractivity contribution in [1.82, 2.24) is 14.5 Å². The largest absolute Gasteiger partial charge is 0.497 e. The van der Waals surface area contributed by atoms with Crippen LogP contribution in [0.1, 0.15) is 11.4 Å². The van der Waals surface area contributed by atoms with Crippen LogP contribution in [-0.4, -0.2) is 41.3 Å². The van der Waals surface area contributed by atoms with Crippen LogP contribution in [0.4, 0.5) is 0 Å². The van der Waals surface area contributed by atoms with E-state index in [1.54, 1.807) is 13.2 Å². The van der Waals surface area contributed by atoms with Crippen LogP contribution in [0.2, 0.25) is 0 Å². The van der Waals surface area contributed by atoms with Gasteiger partial charge in [-0.05, 0) is 17.7 Å². The van der Waals surface area contributed by atoms with Crippen molar-refractivity contribution in [3.05, 3.63) is 60.7 Å². The molecule has 0 saturated heterocycles. The summed E-state index contributed by atoms with van der Waals surface area (Å²) in [5.74, 6) is 2.45. The quantitative estimate of drug-likeness (QED) is 0.579. The molecule has 5 heteroatoms. The summed E-state index contributed by atoms with van der Waals surface area (Å²) < 4.78 is 13.2. The zero-order valence-electron chi connectivity index (χ0n) is 14.2. The van der Waals surface area contributed by atoms with E-state index in [1.165, 1.54) is 5.56 Å². The van der Waals surface area contributed by atoms with Gasteiger partial charge < -0.3 is 14.0 Å². The van der Waals surface area contributed by atoms with Gasteiger partial charge in [-0.3, -0.25) is 4.90 Å². The molecule has 1 aromatic heterocycles. The highest BCUT2D eigenvalue weighted by molar-refractivity contribution is 5.27.